The first-order chi connectivity index (χ1) is 6.27. The Hall–Kier alpha value is -0.310. The summed E-state index contributed by atoms with van der Waals surface area (Å²) in [6.45, 7) is 0. The van der Waals surface area contributed by atoms with Gasteiger partial charge in [0.1, 0.15) is 0 Å². The first-order valence-electron chi connectivity index (χ1n) is 3.76. The molecule has 0 unspecified atom stereocenters. The fourth-order valence-electron chi connectivity index (χ4n) is 1.12. The van der Waals surface area contributed by atoms with Crippen LogP contribution in [0.3, 0.4) is 0 Å². The number of hydrogen-bond acceptors (Lipinski definition) is 1. The molecule has 0 fully saturated rings. The third-order valence-corrected chi connectivity index (χ3v) is 3.76. The zero-order valence-corrected chi connectivity index (χ0v) is 9.79. The maximum absolute atomic E-state index is 6.06. The van der Waals surface area contributed by atoms with Crippen molar-refractivity contribution in [2.24, 2.45) is 0 Å². The maximum Gasteiger partial charge on any atom is 0.0492 e. The van der Waals surface area contributed by atoms with Crippen LogP contribution in [0.4, 0.5) is 0 Å². The van der Waals surface area contributed by atoms with Gasteiger partial charge in [0.05, 0.1) is 0 Å². The van der Waals surface area contributed by atoms with Crippen LogP contribution >= 0.6 is 38.9 Å². The third kappa shape index (κ3) is 1.96. The molecule has 1 heterocycles. The van der Waals surface area contributed by atoms with Crippen LogP contribution in [-0.2, 0) is 0 Å². The predicted octanol–water partition coefficient (Wildman–Crippen LogP) is 4.83. The van der Waals surface area contributed by atoms with E-state index in [1.807, 2.05) is 24.3 Å². The molecule has 1 aromatic carbocycles. The van der Waals surface area contributed by atoms with Gasteiger partial charge in [-0.15, -0.1) is 11.3 Å². The number of benzene rings is 1. The van der Waals surface area contributed by atoms with E-state index in [0.717, 1.165) is 15.1 Å². The molecule has 0 aliphatic heterocycles. The summed E-state index contributed by atoms with van der Waals surface area (Å²) in [6.07, 6.45) is 0. The van der Waals surface area contributed by atoms with E-state index in [4.69, 9.17) is 11.6 Å². The van der Waals surface area contributed by atoms with Crippen LogP contribution in [-0.4, -0.2) is 0 Å². The molecule has 0 nitrogen and oxygen atoms in total. The molecule has 0 saturated carbocycles. The molecule has 0 radical (unpaired) electrons. The van der Waals surface area contributed by atoms with Crippen LogP contribution in [0.15, 0.2) is 40.2 Å². The van der Waals surface area contributed by atoms with E-state index in [9.17, 15) is 0 Å². The summed E-state index contributed by atoms with van der Waals surface area (Å²) in [5.41, 5.74) is 1.10. The van der Waals surface area contributed by atoms with Gasteiger partial charge in [0.25, 0.3) is 0 Å². The monoisotopic (exact) mass is 272 g/mol. The maximum atomic E-state index is 6.06. The SMILES string of the molecule is Clc1ccccc1-c1cc(Br)cs1. The first kappa shape index (κ1) is 9.25. The number of hydrogen-bond donors (Lipinski definition) is 0. The van der Waals surface area contributed by atoms with Gasteiger partial charge in [-0.2, -0.15) is 0 Å². The predicted molar refractivity (Wildman–Crippen MR) is 62.5 cm³/mol. The lowest BCUT2D eigenvalue weighted by Gasteiger charge is -1.98. The zero-order chi connectivity index (χ0) is 9.26. The first-order valence-corrected chi connectivity index (χ1v) is 5.81. The topological polar surface area (TPSA) is 0 Å². The second-order valence-corrected chi connectivity index (χ2v) is 4.84. The van der Waals surface area contributed by atoms with Crippen LogP contribution in [0.1, 0.15) is 0 Å². The van der Waals surface area contributed by atoms with Crippen LogP contribution < -0.4 is 0 Å². The molecule has 0 spiro atoms. The highest BCUT2D eigenvalue weighted by Crippen LogP contribution is 2.33. The number of halogens is 2. The van der Waals surface area contributed by atoms with Crippen LogP contribution in [0.25, 0.3) is 10.4 Å². The number of thiophene rings is 1. The lowest BCUT2D eigenvalue weighted by molar-refractivity contribution is 1.69. The molecular formula is C10H6BrClS. The molecule has 2 rings (SSSR count). The minimum absolute atomic E-state index is 0.803. The van der Waals surface area contributed by atoms with Gasteiger partial charge in [0, 0.05) is 25.3 Å². The van der Waals surface area contributed by atoms with Crippen molar-refractivity contribution in [3.63, 3.8) is 0 Å². The van der Waals surface area contributed by atoms with E-state index in [1.165, 1.54) is 4.88 Å². The fraction of sp³-hybridized carbons (Fsp3) is 0. The summed E-state index contributed by atoms with van der Waals surface area (Å²) in [5.74, 6) is 0. The molecule has 66 valence electrons. The van der Waals surface area contributed by atoms with E-state index in [1.54, 1.807) is 11.3 Å². The minimum Gasteiger partial charge on any atom is -0.143 e. The van der Waals surface area contributed by atoms with Crippen LogP contribution in [0.2, 0.25) is 5.02 Å². The molecule has 2 aromatic rings. The van der Waals surface area contributed by atoms with Crippen molar-refractivity contribution < 1.29 is 0 Å². The highest BCUT2D eigenvalue weighted by molar-refractivity contribution is 9.10. The largest absolute Gasteiger partial charge is 0.143 e. The van der Waals surface area contributed by atoms with E-state index in [-0.39, 0.29) is 0 Å². The Morgan fingerprint density at radius 3 is 2.62 bits per heavy atom. The highest BCUT2D eigenvalue weighted by atomic mass is 79.9. The Kier molecular flexibility index (Phi) is 2.72. The van der Waals surface area contributed by atoms with Gasteiger partial charge in [-0.3, -0.25) is 0 Å². The van der Waals surface area contributed by atoms with Crippen molar-refractivity contribution >= 4 is 38.9 Å². The van der Waals surface area contributed by atoms with Gasteiger partial charge >= 0.3 is 0 Å². The Morgan fingerprint density at radius 1 is 1.23 bits per heavy atom. The molecule has 0 bridgehead atoms. The summed E-state index contributed by atoms with van der Waals surface area (Å²) >= 11 is 11.2. The van der Waals surface area contributed by atoms with E-state index < -0.39 is 0 Å². The fourth-order valence-corrected chi connectivity index (χ4v) is 2.88. The quantitative estimate of drug-likeness (QED) is 0.698. The highest BCUT2D eigenvalue weighted by Gasteiger charge is 2.04. The van der Waals surface area contributed by atoms with E-state index in [2.05, 4.69) is 27.4 Å². The molecule has 0 aliphatic rings. The summed E-state index contributed by atoms with van der Waals surface area (Å²) in [5, 5.41) is 2.86. The van der Waals surface area contributed by atoms with Gasteiger partial charge in [0.2, 0.25) is 0 Å². The molecule has 0 amide bonds. The molecule has 0 N–H and O–H groups in total. The van der Waals surface area contributed by atoms with Crippen molar-refractivity contribution in [1.82, 2.24) is 0 Å². The molecule has 0 aliphatic carbocycles. The molecule has 13 heavy (non-hydrogen) atoms. The normalized spacial score (nSPS) is 10.3. The van der Waals surface area contributed by atoms with Crippen molar-refractivity contribution in [1.29, 1.82) is 0 Å². The van der Waals surface area contributed by atoms with Crippen LogP contribution in [0.5, 0.6) is 0 Å². The van der Waals surface area contributed by atoms with Gasteiger partial charge in [0.15, 0.2) is 0 Å². The lowest BCUT2D eigenvalue weighted by atomic mass is 10.2. The summed E-state index contributed by atoms with van der Waals surface area (Å²) in [4.78, 5) is 1.19. The van der Waals surface area contributed by atoms with Gasteiger partial charge < -0.3 is 0 Å². The van der Waals surface area contributed by atoms with Gasteiger partial charge in [-0.1, -0.05) is 29.8 Å². The average Bonchev–Trinajstić information content (AvgIpc) is 2.53. The van der Waals surface area contributed by atoms with Crippen molar-refractivity contribution in [3.05, 3.63) is 45.2 Å². The molecular weight excluding hydrogens is 268 g/mol. The standard InChI is InChI=1S/C10H6BrClS/c11-7-5-10(13-6-7)8-3-1-2-4-9(8)12/h1-6H. The van der Waals surface area contributed by atoms with Gasteiger partial charge in [-0.05, 0) is 28.1 Å². The van der Waals surface area contributed by atoms with Crippen molar-refractivity contribution in [2.45, 2.75) is 0 Å². The third-order valence-electron chi connectivity index (χ3n) is 1.71. The number of rotatable bonds is 1. The minimum atomic E-state index is 0.803. The van der Waals surface area contributed by atoms with Gasteiger partial charge in [-0.25, -0.2) is 0 Å². The summed E-state index contributed by atoms with van der Waals surface area (Å²) < 4.78 is 1.10. The molecule has 3 heteroatoms. The molecule has 0 atom stereocenters. The second-order valence-electron chi connectivity index (χ2n) is 2.61. The Balaban J connectivity index is 2.52. The second kappa shape index (κ2) is 3.82. The lowest BCUT2D eigenvalue weighted by Crippen LogP contribution is -1.72. The average molecular weight is 274 g/mol. The summed E-state index contributed by atoms with van der Waals surface area (Å²) in [6, 6.07) is 9.94. The van der Waals surface area contributed by atoms with Crippen LogP contribution in [0, 0.1) is 0 Å². The molecule has 0 saturated heterocycles. The Bertz CT molecular complexity index is 422. The summed E-state index contributed by atoms with van der Waals surface area (Å²) in [7, 11) is 0. The van der Waals surface area contributed by atoms with Crippen molar-refractivity contribution in [2.75, 3.05) is 0 Å². The Labute approximate surface area is 94.3 Å². The Morgan fingerprint density at radius 2 is 2.00 bits per heavy atom. The van der Waals surface area contributed by atoms with E-state index >= 15 is 0 Å². The zero-order valence-electron chi connectivity index (χ0n) is 6.63. The smallest absolute Gasteiger partial charge is 0.0492 e. The molecule has 1 aromatic heterocycles. The van der Waals surface area contributed by atoms with Crippen molar-refractivity contribution in [3.8, 4) is 10.4 Å². The van der Waals surface area contributed by atoms with E-state index in [0.29, 0.717) is 0 Å².